The highest BCUT2D eigenvalue weighted by atomic mass is 79.9. The minimum atomic E-state index is 0.441. The van der Waals surface area contributed by atoms with Crippen LogP contribution in [0, 0.1) is 0 Å². The van der Waals surface area contributed by atoms with E-state index in [1.165, 1.54) is 6.42 Å². The summed E-state index contributed by atoms with van der Waals surface area (Å²) in [7, 11) is 0. The molecule has 1 rings (SSSR count). The van der Waals surface area contributed by atoms with Gasteiger partial charge in [-0.2, -0.15) is 0 Å². The minimum Gasteiger partial charge on any atom is -0.315 e. The van der Waals surface area contributed by atoms with Crippen LogP contribution >= 0.6 is 27.5 Å². The van der Waals surface area contributed by atoms with Crippen LogP contribution in [0.25, 0.3) is 0 Å². The highest BCUT2D eigenvalue weighted by molar-refractivity contribution is 9.10. The van der Waals surface area contributed by atoms with Gasteiger partial charge in [-0.3, -0.25) is 0 Å². The van der Waals surface area contributed by atoms with Gasteiger partial charge in [0, 0.05) is 23.6 Å². The SMILES string of the molecule is CCCNCC(C)NCc1cccc(Br)c1Cl. The molecule has 0 fully saturated rings. The molecule has 2 N–H and O–H groups in total. The Kier molecular flexibility index (Phi) is 7.12. The molecule has 1 aromatic carbocycles. The van der Waals surface area contributed by atoms with Crippen molar-refractivity contribution in [3.63, 3.8) is 0 Å². The van der Waals surface area contributed by atoms with Crippen molar-refractivity contribution in [1.29, 1.82) is 0 Å². The zero-order valence-electron chi connectivity index (χ0n) is 10.4. The molecule has 4 heteroatoms. The summed E-state index contributed by atoms with van der Waals surface area (Å²) in [5, 5.41) is 7.65. The van der Waals surface area contributed by atoms with Gasteiger partial charge in [0.2, 0.25) is 0 Å². The maximum Gasteiger partial charge on any atom is 0.0592 e. The Bertz CT molecular complexity index is 344. The quantitative estimate of drug-likeness (QED) is 0.751. The first-order valence-corrected chi connectivity index (χ1v) is 7.19. The zero-order chi connectivity index (χ0) is 12.7. The summed E-state index contributed by atoms with van der Waals surface area (Å²) in [6.07, 6.45) is 1.17. The van der Waals surface area contributed by atoms with E-state index in [-0.39, 0.29) is 0 Å². The number of hydrogen-bond donors (Lipinski definition) is 2. The van der Waals surface area contributed by atoms with Crippen molar-refractivity contribution in [2.24, 2.45) is 0 Å². The number of nitrogens with one attached hydrogen (secondary N) is 2. The fraction of sp³-hybridized carbons (Fsp3) is 0.538. The van der Waals surface area contributed by atoms with E-state index in [1.807, 2.05) is 18.2 Å². The van der Waals surface area contributed by atoms with E-state index in [0.717, 1.165) is 34.7 Å². The second-order valence-electron chi connectivity index (χ2n) is 4.20. The van der Waals surface area contributed by atoms with Crippen molar-refractivity contribution in [2.75, 3.05) is 13.1 Å². The van der Waals surface area contributed by atoms with E-state index >= 15 is 0 Å². The first kappa shape index (κ1) is 15.0. The fourth-order valence-electron chi connectivity index (χ4n) is 1.54. The van der Waals surface area contributed by atoms with E-state index in [4.69, 9.17) is 11.6 Å². The minimum absolute atomic E-state index is 0.441. The Balaban J connectivity index is 2.37. The Hall–Kier alpha value is -0.0900. The second kappa shape index (κ2) is 8.09. The van der Waals surface area contributed by atoms with Crippen LogP contribution in [-0.4, -0.2) is 19.1 Å². The van der Waals surface area contributed by atoms with E-state index in [1.54, 1.807) is 0 Å². The molecule has 1 atom stereocenters. The summed E-state index contributed by atoms with van der Waals surface area (Å²) in [4.78, 5) is 0. The van der Waals surface area contributed by atoms with Crippen molar-refractivity contribution in [2.45, 2.75) is 32.9 Å². The van der Waals surface area contributed by atoms with Crippen LogP contribution in [0.3, 0.4) is 0 Å². The molecule has 0 saturated heterocycles. The third kappa shape index (κ3) is 5.38. The molecule has 0 radical (unpaired) electrons. The molecule has 0 aliphatic rings. The van der Waals surface area contributed by atoms with Crippen LogP contribution in [0.5, 0.6) is 0 Å². The molecule has 96 valence electrons. The molecule has 0 spiro atoms. The first-order valence-electron chi connectivity index (χ1n) is 6.02. The lowest BCUT2D eigenvalue weighted by molar-refractivity contribution is 0.501. The van der Waals surface area contributed by atoms with Gasteiger partial charge in [0.05, 0.1) is 5.02 Å². The summed E-state index contributed by atoms with van der Waals surface area (Å²) in [6, 6.07) is 6.45. The van der Waals surface area contributed by atoms with E-state index in [0.29, 0.717) is 6.04 Å². The van der Waals surface area contributed by atoms with Crippen LogP contribution in [-0.2, 0) is 6.54 Å². The van der Waals surface area contributed by atoms with E-state index in [2.05, 4.69) is 40.4 Å². The van der Waals surface area contributed by atoms with Crippen molar-refractivity contribution in [1.82, 2.24) is 10.6 Å². The van der Waals surface area contributed by atoms with Crippen molar-refractivity contribution in [3.8, 4) is 0 Å². The van der Waals surface area contributed by atoms with Gasteiger partial charge in [-0.15, -0.1) is 0 Å². The summed E-state index contributed by atoms with van der Waals surface area (Å²) < 4.78 is 0.954. The average Bonchev–Trinajstić information content (AvgIpc) is 2.31. The van der Waals surface area contributed by atoms with Crippen molar-refractivity contribution in [3.05, 3.63) is 33.3 Å². The highest BCUT2D eigenvalue weighted by Crippen LogP contribution is 2.25. The predicted octanol–water partition coefficient (Wildman–Crippen LogP) is 3.58. The van der Waals surface area contributed by atoms with Crippen LogP contribution in [0.1, 0.15) is 25.8 Å². The van der Waals surface area contributed by atoms with Crippen molar-refractivity contribution >= 4 is 27.5 Å². The molecule has 0 saturated carbocycles. The maximum absolute atomic E-state index is 6.20. The fourth-order valence-corrected chi connectivity index (χ4v) is 2.14. The highest BCUT2D eigenvalue weighted by Gasteiger charge is 2.05. The summed E-state index contributed by atoms with van der Waals surface area (Å²) in [5.74, 6) is 0. The molecule has 0 aliphatic heterocycles. The van der Waals surface area contributed by atoms with Gasteiger partial charge in [-0.05, 0) is 47.4 Å². The van der Waals surface area contributed by atoms with Crippen LogP contribution in [0.4, 0.5) is 0 Å². The first-order chi connectivity index (χ1) is 8.15. The maximum atomic E-state index is 6.20. The summed E-state index contributed by atoms with van der Waals surface area (Å²) >= 11 is 9.63. The molecule has 17 heavy (non-hydrogen) atoms. The molecule has 2 nitrogen and oxygen atoms in total. The lowest BCUT2D eigenvalue weighted by Crippen LogP contribution is -2.36. The molecular weight excluding hydrogens is 300 g/mol. The number of benzene rings is 1. The van der Waals surface area contributed by atoms with Gasteiger partial charge in [0.15, 0.2) is 0 Å². The molecule has 0 heterocycles. The third-order valence-corrected chi connectivity index (χ3v) is 3.89. The largest absolute Gasteiger partial charge is 0.315 e. The number of halogens is 2. The standard InChI is InChI=1S/C13H20BrClN2/c1-3-7-16-8-10(2)17-9-11-5-4-6-12(14)13(11)15/h4-6,10,16-17H,3,7-9H2,1-2H3. The number of hydrogen-bond acceptors (Lipinski definition) is 2. The second-order valence-corrected chi connectivity index (χ2v) is 5.43. The molecule has 1 aromatic rings. The lowest BCUT2D eigenvalue weighted by Gasteiger charge is -2.15. The topological polar surface area (TPSA) is 24.1 Å². The van der Waals surface area contributed by atoms with E-state index in [9.17, 15) is 0 Å². The van der Waals surface area contributed by atoms with Gasteiger partial charge < -0.3 is 10.6 Å². The van der Waals surface area contributed by atoms with Gasteiger partial charge in [0.25, 0.3) is 0 Å². The van der Waals surface area contributed by atoms with Gasteiger partial charge in [-0.25, -0.2) is 0 Å². The van der Waals surface area contributed by atoms with E-state index < -0.39 is 0 Å². The Labute approximate surface area is 117 Å². The van der Waals surface area contributed by atoms with Crippen molar-refractivity contribution < 1.29 is 0 Å². The molecule has 0 bridgehead atoms. The van der Waals surface area contributed by atoms with Crippen LogP contribution in [0.15, 0.2) is 22.7 Å². The Morgan fingerprint density at radius 2 is 2.18 bits per heavy atom. The smallest absolute Gasteiger partial charge is 0.0592 e. The average molecular weight is 320 g/mol. The van der Waals surface area contributed by atoms with Crippen LogP contribution in [0.2, 0.25) is 5.02 Å². The summed E-state index contributed by atoms with van der Waals surface area (Å²) in [6.45, 7) is 7.21. The zero-order valence-corrected chi connectivity index (χ0v) is 12.7. The monoisotopic (exact) mass is 318 g/mol. The predicted molar refractivity (Wildman–Crippen MR) is 78.6 cm³/mol. The third-order valence-electron chi connectivity index (χ3n) is 2.55. The molecule has 1 unspecified atom stereocenters. The lowest BCUT2D eigenvalue weighted by atomic mass is 10.2. The normalized spacial score (nSPS) is 12.7. The molecular formula is C13H20BrClN2. The molecule has 0 amide bonds. The van der Waals surface area contributed by atoms with Gasteiger partial charge in [-0.1, -0.05) is 30.7 Å². The molecule has 0 aromatic heterocycles. The Morgan fingerprint density at radius 1 is 1.41 bits per heavy atom. The molecule has 0 aliphatic carbocycles. The van der Waals surface area contributed by atoms with Gasteiger partial charge in [0.1, 0.15) is 0 Å². The van der Waals surface area contributed by atoms with Crippen LogP contribution < -0.4 is 10.6 Å². The van der Waals surface area contributed by atoms with Gasteiger partial charge >= 0.3 is 0 Å². The number of rotatable bonds is 7. The Morgan fingerprint density at radius 3 is 2.88 bits per heavy atom. The summed E-state index contributed by atoms with van der Waals surface area (Å²) in [5.41, 5.74) is 1.13.